The van der Waals surface area contributed by atoms with Gasteiger partial charge in [-0.25, -0.2) is 0 Å². The summed E-state index contributed by atoms with van der Waals surface area (Å²) in [6, 6.07) is 5.29. The number of hydrogen-bond donors (Lipinski definition) is 6. The average Bonchev–Trinajstić information content (AvgIpc) is 2.13. The monoisotopic (exact) mass is 313 g/mol. The summed E-state index contributed by atoms with van der Waals surface area (Å²) in [7, 11) is -9.55. The fourth-order valence-electron chi connectivity index (χ4n) is 1.39. The van der Waals surface area contributed by atoms with E-state index in [0.717, 1.165) is 0 Å². The second-order valence-electron chi connectivity index (χ2n) is 3.81. The standard InChI is InChI=1S/C8H13NO6P2S/c9-7-3-1-6(2-4-7)8(18,17(13,14)15)5-16(10,11)12/h1-4,18H,5,9H2,(H2,10,11,12)(H2,13,14,15). The molecule has 0 spiro atoms. The van der Waals surface area contributed by atoms with Gasteiger partial charge in [0.2, 0.25) is 0 Å². The molecule has 0 saturated heterocycles. The van der Waals surface area contributed by atoms with E-state index in [0.29, 0.717) is 5.69 Å². The van der Waals surface area contributed by atoms with Crippen molar-refractivity contribution in [3.63, 3.8) is 0 Å². The number of anilines is 1. The summed E-state index contributed by atoms with van der Waals surface area (Å²) in [5.74, 6) is 0. The van der Waals surface area contributed by atoms with E-state index in [-0.39, 0.29) is 5.56 Å². The van der Waals surface area contributed by atoms with Gasteiger partial charge in [0.1, 0.15) is 0 Å². The number of thiol groups is 1. The summed E-state index contributed by atoms with van der Waals surface area (Å²) < 4.78 is 20.2. The highest BCUT2D eigenvalue weighted by molar-refractivity contribution is 7.90. The Hall–Kier alpha value is -0.330. The molecule has 18 heavy (non-hydrogen) atoms. The number of nitrogens with two attached hydrogens (primary N) is 1. The Morgan fingerprint density at radius 3 is 1.89 bits per heavy atom. The van der Waals surface area contributed by atoms with Crippen molar-refractivity contribution in [3.8, 4) is 0 Å². The maximum Gasteiger partial charge on any atom is 0.346 e. The highest BCUT2D eigenvalue weighted by Crippen LogP contribution is 2.64. The fraction of sp³-hybridized carbons (Fsp3) is 0.250. The summed E-state index contributed by atoms with van der Waals surface area (Å²) in [6.45, 7) is 0. The van der Waals surface area contributed by atoms with Crippen LogP contribution in [-0.2, 0) is 13.6 Å². The van der Waals surface area contributed by atoms with E-state index < -0.39 is 25.8 Å². The van der Waals surface area contributed by atoms with Gasteiger partial charge in [0.05, 0.1) is 6.16 Å². The second kappa shape index (κ2) is 4.98. The molecule has 0 aliphatic heterocycles. The van der Waals surface area contributed by atoms with Crippen molar-refractivity contribution in [1.82, 2.24) is 0 Å². The minimum Gasteiger partial charge on any atom is -0.399 e. The van der Waals surface area contributed by atoms with E-state index in [2.05, 4.69) is 12.6 Å². The molecule has 0 bridgehead atoms. The fourth-order valence-corrected chi connectivity index (χ4v) is 4.62. The van der Waals surface area contributed by atoms with Gasteiger partial charge < -0.3 is 25.3 Å². The van der Waals surface area contributed by atoms with Crippen molar-refractivity contribution in [2.75, 3.05) is 11.9 Å². The zero-order valence-corrected chi connectivity index (χ0v) is 11.7. The van der Waals surface area contributed by atoms with Crippen LogP contribution in [0, 0.1) is 0 Å². The van der Waals surface area contributed by atoms with Crippen LogP contribution in [0.4, 0.5) is 5.69 Å². The lowest BCUT2D eigenvalue weighted by atomic mass is 10.1. The van der Waals surface area contributed by atoms with Crippen molar-refractivity contribution in [2.45, 2.75) is 4.49 Å². The first kappa shape index (κ1) is 15.7. The Bertz CT molecular complexity index is 523. The lowest BCUT2D eigenvalue weighted by Crippen LogP contribution is -2.24. The maximum absolute atomic E-state index is 11.5. The van der Waals surface area contributed by atoms with Gasteiger partial charge in [0, 0.05) is 5.69 Å². The molecule has 0 aliphatic carbocycles. The Morgan fingerprint density at radius 1 is 1.11 bits per heavy atom. The molecule has 0 amide bonds. The third kappa shape index (κ3) is 3.59. The number of hydrogen-bond acceptors (Lipinski definition) is 4. The van der Waals surface area contributed by atoms with Gasteiger partial charge in [0.25, 0.3) is 0 Å². The van der Waals surface area contributed by atoms with Crippen molar-refractivity contribution < 1.29 is 28.7 Å². The topological polar surface area (TPSA) is 141 Å². The van der Waals surface area contributed by atoms with E-state index in [1.807, 2.05) is 0 Å². The van der Waals surface area contributed by atoms with Crippen LogP contribution < -0.4 is 5.73 Å². The van der Waals surface area contributed by atoms with Gasteiger partial charge in [-0.2, -0.15) is 12.6 Å². The number of benzene rings is 1. The van der Waals surface area contributed by atoms with Crippen molar-refractivity contribution in [3.05, 3.63) is 29.8 Å². The molecule has 6 N–H and O–H groups in total. The third-order valence-electron chi connectivity index (χ3n) is 2.28. The van der Waals surface area contributed by atoms with Gasteiger partial charge in [-0.05, 0) is 17.7 Å². The first-order chi connectivity index (χ1) is 7.96. The lowest BCUT2D eigenvalue weighted by Gasteiger charge is -2.30. The smallest absolute Gasteiger partial charge is 0.346 e. The largest absolute Gasteiger partial charge is 0.399 e. The van der Waals surface area contributed by atoms with E-state index in [4.69, 9.17) is 15.5 Å². The minimum atomic E-state index is -4.89. The molecule has 102 valence electrons. The molecule has 0 heterocycles. The van der Waals surface area contributed by atoms with Crippen LogP contribution in [0.5, 0.6) is 0 Å². The molecule has 0 fully saturated rings. The zero-order valence-electron chi connectivity index (χ0n) is 9.04. The van der Waals surface area contributed by atoms with Crippen molar-refractivity contribution in [1.29, 1.82) is 0 Å². The van der Waals surface area contributed by atoms with E-state index >= 15 is 0 Å². The quantitative estimate of drug-likeness (QED) is 0.273. The molecule has 1 rings (SSSR count). The number of rotatable bonds is 4. The van der Waals surface area contributed by atoms with Gasteiger partial charge in [-0.15, -0.1) is 0 Å². The molecule has 10 heteroatoms. The van der Waals surface area contributed by atoms with Crippen LogP contribution >= 0.6 is 27.8 Å². The van der Waals surface area contributed by atoms with Crippen LogP contribution in [0.3, 0.4) is 0 Å². The Balaban J connectivity index is 3.34. The molecular formula is C8H13NO6P2S. The maximum atomic E-state index is 11.5. The van der Waals surface area contributed by atoms with Crippen LogP contribution in [0.25, 0.3) is 0 Å². The second-order valence-corrected chi connectivity index (χ2v) is 8.42. The molecule has 1 aromatic carbocycles. The third-order valence-corrected chi connectivity index (χ3v) is 6.24. The summed E-state index contributed by atoms with van der Waals surface area (Å²) in [5.41, 5.74) is 5.79. The van der Waals surface area contributed by atoms with Crippen LogP contribution in [0.15, 0.2) is 24.3 Å². The van der Waals surface area contributed by atoms with Gasteiger partial charge in [0.15, 0.2) is 4.49 Å². The highest BCUT2D eigenvalue weighted by atomic mass is 32.1. The van der Waals surface area contributed by atoms with Crippen molar-refractivity contribution >= 4 is 33.5 Å². The summed E-state index contributed by atoms with van der Waals surface area (Å²) in [6.07, 6.45) is -1.07. The predicted molar refractivity (Wildman–Crippen MR) is 70.5 cm³/mol. The molecule has 1 aromatic rings. The first-order valence-corrected chi connectivity index (χ1v) is 8.50. The highest BCUT2D eigenvalue weighted by Gasteiger charge is 2.49. The van der Waals surface area contributed by atoms with Crippen LogP contribution in [0.2, 0.25) is 0 Å². The van der Waals surface area contributed by atoms with Crippen LogP contribution in [0.1, 0.15) is 5.56 Å². The van der Waals surface area contributed by atoms with Gasteiger partial charge in [-0.1, -0.05) is 12.1 Å². The Kier molecular flexibility index (Phi) is 4.35. The Morgan fingerprint density at radius 2 is 1.56 bits per heavy atom. The minimum absolute atomic E-state index is 0.00306. The molecule has 0 saturated carbocycles. The molecule has 0 radical (unpaired) electrons. The van der Waals surface area contributed by atoms with Crippen molar-refractivity contribution in [2.24, 2.45) is 0 Å². The first-order valence-electron chi connectivity index (χ1n) is 4.64. The molecule has 0 aliphatic rings. The van der Waals surface area contributed by atoms with Crippen LogP contribution in [-0.4, -0.2) is 25.7 Å². The van der Waals surface area contributed by atoms with E-state index in [1.54, 1.807) is 0 Å². The summed E-state index contributed by atoms with van der Waals surface area (Å²) in [4.78, 5) is 36.4. The SMILES string of the molecule is Nc1ccc(C(S)(CP(=O)(O)O)P(=O)(O)O)cc1. The molecule has 7 nitrogen and oxygen atoms in total. The molecule has 1 unspecified atom stereocenters. The molecular weight excluding hydrogens is 300 g/mol. The normalized spacial score (nSPS) is 16.3. The molecule has 0 aromatic heterocycles. The summed E-state index contributed by atoms with van der Waals surface area (Å²) in [5, 5.41) is 0. The lowest BCUT2D eigenvalue weighted by molar-refractivity contribution is 0.341. The van der Waals surface area contributed by atoms with E-state index in [9.17, 15) is 18.9 Å². The van der Waals surface area contributed by atoms with E-state index in [1.165, 1.54) is 24.3 Å². The predicted octanol–water partition coefficient (Wildman–Crippen LogP) is 0.707. The Labute approximate surface area is 109 Å². The molecule has 1 atom stereocenters. The zero-order chi connectivity index (χ0) is 14.2. The van der Waals surface area contributed by atoms with Gasteiger partial charge >= 0.3 is 15.2 Å². The van der Waals surface area contributed by atoms with Gasteiger partial charge in [-0.3, -0.25) is 9.13 Å². The summed E-state index contributed by atoms with van der Waals surface area (Å²) >= 11 is 3.82. The number of nitrogen functional groups attached to an aromatic ring is 1. The average molecular weight is 313 g/mol.